The monoisotopic (exact) mass is 424 g/mol. The predicted molar refractivity (Wildman–Crippen MR) is 111 cm³/mol. The number of ether oxygens (including phenoxy) is 2. The number of hydrogen-bond donors (Lipinski definition) is 1. The van der Waals surface area contributed by atoms with E-state index in [0.717, 1.165) is 37.2 Å². The van der Waals surface area contributed by atoms with Gasteiger partial charge in [-0.1, -0.05) is 26.7 Å². The zero-order chi connectivity index (χ0) is 21.1. The molecule has 0 aromatic carbocycles. The molecule has 0 radical (unpaired) electrons. The summed E-state index contributed by atoms with van der Waals surface area (Å²) in [7, 11) is 2.88. The number of ketones is 1. The van der Waals surface area contributed by atoms with Crippen molar-refractivity contribution >= 4 is 28.4 Å². The molecule has 0 bridgehead atoms. The van der Waals surface area contributed by atoms with Crippen molar-refractivity contribution in [3.05, 3.63) is 0 Å². The van der Waals surface area contributed by atoms with Crippen LogP contribution in [-0.2, 0) is 14.3 Å². The van der Waals surface area contributed by atoms with E-state index in [9.17, 15) is 9.59 Å². The van der Waals surface area contributed by atoms with Crippen LogP contribution in [0.1, 0.15) is 52.4 Å². The third-order valence-corrected chi connectivity index (χ3v) is 6.90. The number of carbonyl (C=O) groups excluding carboxylic acids is 2. The van der Waals surface area contributed by atoms with Gasteiger partial charge in [0.2, 0.25) is 5.13 Å². The highest BCUT2D eigenvalue weighted by Crippen LogP contribution is 2.45. The number of esters is 1. The van der Waals surface area contributed by atoms with Crippen molar-refractivity contribution in [2.24, 2.45) is 23.5 Å². The average molecular weight is 425 g/mol. The van der Waals surface area contributed by atoms with Crippen molar-refractivity contribution in [2.75, 3.05) is 19.1 Å². The molecule has 1 saturated carbocycles. The second-order valence-corrected chi connectivity index (χ2v) is 9.27. The van der Waals surface area contributed by atoms with Crippen LogP contribution >= 0.6 is 11.5 Å². The fourth-order valence-corrected chi connectivity index (χ4v) is 5.65. The molecule has 1 unspecified atom stereocenters. The molecule has 1 aromatic heterocycles. The summed E-state index contributed by atoms with van der Waals surface area (Å²) >= 11 is 1.14. The fraction of sp³-hybridized carbons (Fsp3) is 0.800. The fourth-order valence-electron chi connectivity index (χ4n) is 4.92. The van der Waals surface area contributed by atoms with Gasteiger partial charge < -0.3 is 20.1 Å². The van der Waals surface area contributed by atoms with Gasteiger partial charge in [-0.15, -0.1) is 4.37 Å². The van der Waals surface area contributed by atoms with E-state index < -0.39 is 18.1 Å². The maximum atomic E-state index is 13.6. The molecular formula is C20H32N4O4S. The van der Waals surface area contributed by atoms with Crippen LogP contribution in [0, 0.1) is 17.8 Å². The van der Waals surface area contributed by atoms with Crippen molar-refractivity contribution in [3.63, 3.8) is 0 Å². The zero-order valence-corrected chi connectivity index (χ0v) is 18.5. The van der Waals surface area contributed by atoms with Gasteiger partial charge in [-0.05, 0) is 43.4 Å². The maximum Gasteiger partial charge on any atom is 0.329 e. The molecule has 3 rings (SSSR count). The molecule has 0 spiro atoms. The maximum absolute atomic E-state index is 13.6. The van der Waals surface area contributed by atoms with Crippen LogP contribution in [-0.4, -0.2) is 53.5 Å². The Morgan fingerprint density at radius 1 is 1.28 bits per heavy atom. The van der Waals surface area contributed by atoms with Crippen molar-refractivity contribution in [3.8, 4) is 6.01 Å². The number of carbonyl (C=O) groups is 2. The number of anilines is 1. The minimum atomic E-state index is -0.573. The summed E-state index contributed by atoms with van der Waals surface area (Å²) in [6, 6.07) is -1.41. The van der Waals surface area contributed by atoms with Gasteiger partial charge >= 0.3 is 12.0 Å². The first-order chi connectivity index (χ1) is 13.9. The number of rotatable bonds is 7. The quantitative estimate of drug-likeness (QED) is 0.665. The largest absolute Gasteiger partial charge is 0.467 e. The predicted octanol–water partition coefficient (Wildman–Crippen LogP) is 2.42. The van der Waals surface area contributed by atoms with E-state index in [1.54, 1.807) is 0 Å². The Bertz CT molecular complexity index is 725. The molecule has 1 aliphatic carbocycles. The Labute approximate surface area is 176 Å². The van der Waals surface area contributed by atoms with Crippen LogP contribution in [0.4, 0.5) is 5.13 Å². The summed E-state index contributed by atoms with van der Waals surface area (Å²) in [6.07, 6.45) is 5.46. The minimum absolute atomic E-state index is 0.0154. The van der Waals surface area contributed by atoms with Crippen LogP contribution in [0.15, 0.2) is 0 Å². The van der Waals surface area contributed by atoms with E-state index in [0.29, 0.717) is 29.8 Å². The molecule has 2 heterocycles. The molecule has 29 heavy (non-hydrogen) atoms. The van der Waals surface area contributed by atoms with Gasteiger partial charge in [-0.2, -0.15) is 4.98 Å². The third kappa shape index (κ3) is 4.55. The second kappa shape index (κ2) is 9.38. The number of piperidine rings is 1. The molecule has 2 aliphatic rings. The van der Waals surface area contributed by atoms with E-state index >= 15 is 0 Å². The van der Waals surface area contributed by atoms with E-state index in [1.165, 1.54) is 14.2 Å². The Hall–Kier alpha value is -1.74. The summed E-state index contributed by atoms with van der Waals surface area (Å²) in [4.78, 5) is 32.6. The van der Waals surface area contributed by atoms with Crippen LogP contribution in [0.25, 0.3) is 0 Å². The molecule has 1 saturated heterocycles. The normalized spacial score (nSPS) is 28.0. The first-order valence-corrected chi connectivity index (χ1v) is 11.2. The standard InChI is InChI=1S/C20H32N4O4S/c1-11(2)9-14(21)17(25)16-13-8-6-5-7-12(13)10-15(18(26)27-3)24(16)20-22-19(28-4)23-29-20/h11-16H,5-10,21H2,1-4H3/t12-,13+,14+,15+,16?/m1/s1. The molecule has 1 aliphatic heterocycles. The van der Waals surface area contributed by atoms with Crippen molar-refractivity contribution in [2.45, 2.75) is 70.5 Å². The van der Waals surface area contributed by atoms with Crippen molar-refractivity contribution in [1.29, 1.82) is 0 Å². The topological polar surface area (TPSA) is 108 Å². The molecule has 5 atom stereocenters. The Balaban J connectivity index is 2.04. The highest BCUT2D eigenvalue weighted by Gasteiger charge is 2.51. The van der Waals surface area contributed by atoms with Crippen LogP contribution in [0.3, 0.4) is 0 Å². The minimum Gasteiger partial charge on any atom is -0.467 e. The lowest BCUT2D eigenvalue weighted by molar-refractivity contribution is -0.144. The van der Waals surface area contributed by atoms with Crippen LogP contribution < -0.4 is 15.4 Å². The molecule has 9 heteroatoms. The van der Waals surface area contributed by atoms with E-state index in [1.807, 2.05) is 4.90 Å². The lowest BCUT2D eigenvalue weighted by Crippen LogP contribution is -2.63. The van der Waals surface area contributed by atoms with Crippen molar-refractivity contribution in [1.82, 2.24) is 9.36 Å². The molecule has 162 valence electrons. The number of Topliss-reactive ketones (excluding diaryl/α,β-unsaturated/α-hetero) is 1. The zero-order valence-electron chi connectivity index (χ0n) is 17.7. The van der Waals surface area contributed by atoms with Crippen LogP contribution in [0.5, 0.6) is 6.01 Å². The first-order valence-electron chi connectivity index (χ1n) is 10.4. The number of nitrogens with zero attached hydrogens (tertiary/aromatic N) is 3. The van der Waals surface area contributed by atoms with E-state index in [2.05, 4.69) is 23.2 Å². The number of aromatic nitrogens is 2. The summed E-state index contributed by atoms with van der Waals surface area (Å²) in [5, 5.41) is 0.511. The second-order valence-electron chi connectivity index (χ2n) is 8.54. The Morgan fingerprint density at radius 3 is 2.62 bits per heavy atom. The summed E-state index contributed by atoms with van der Waals surface area (Å²) in [5.74, 6) is 0.410. The van der Waals surface area contributed by atoms with Crippen LogP contribution in [0.2, 0.25) is 0 Å². The van der Waals surface area contributed by atoms with Gasteiger partial charge in [0.05, 0.1) is 26.3 Å². The van der Waals surface area contributed by atoms with E-state index in [4.69, 9.17) is 15.2 Å². The highest BCUT2D eigenvalue weighted by molar-refractivity contribution is 7.09. The first kappa shape index (κ1) is 22.0. The molecule has 1 aromatic rings. The third-order valence-electron chi connectivity index (χ3n) is 6.19. The number of methoxy groups -OCH3 is 2. The number of nitrogens with two attached hydrogens (primary N) is 1. The summed E-state index contributed by atoms with van der Waals surface area (Å²) in [5.41, 5.74) is 6.35. The van der Waals surface area contributed by atoms with Crippen molar-refractivity contribution < 1.29 is 19.1 Å². The Kier molecular flexibility index (Phi) is 7.10. The lowest BCUT2D eigenvalue weighted by atomic mass is 9.67. The van der Waals surface area contributed by atoms with E-state index in [-0.39, 0.29) is 23.7 Å². The number of fused-ring (bicyclic) bond motifs is 1. The average Bonchev–Trinajstić information content (AvgIpc) is 3.19. The lowest BCUT2D eigenvalue weighted by Gasteiger charge is -2.50. The molecule has 8 nitrogen and oxygen atoms in total. The number of hydrogen-bond acceptors (Lipinski definition) is 9. The summed E-state index contributed by atoms with van der Waals surface area (Å²) in [6.45, 7) is 4.12. The summed E-state index contributed by atoms with van der Waals surface area (Å²) < 4.78 is 14.4. The van der Waals surface area contributed by atoms with Gasteiger partial charge in [-0.3, -0.25) is 4.79 Å². The van der Waals surface area contributed by atoms with Gasteiger partial charge in [0.15, 0.2) is 5.78 Å². The smallest absolute Gasteiger partial charge is 0.329 e. The Morgan fingerprint density at radius 2 is 2.00 bits per heavy atom. The molecular weight excluding hydrogens is 392 g/mol. The SMILES string of the molecule is COC(=O)[C@@H]1C[C@H]2CCCC[C@@H]2C(C(=O)[C@@H](N)CC(C)C)N1c1nc(OC)ns1. The van der Waals surface area contributed by atoms with Gasteiger partial charge in [-0.25, -0.2) is 4.79 Å². The van der Waals surface area contributed by atoms with Gasteiger partial charge in [0.25, 0.3) is 0 Å². The molecule has 2 fully saturated rings. The molecule has 2 N–H and O–H groups in total. The van der Waals surface area contributed by atoms with Gasteiger partial charge in [0.1, 0.15) is 6.04 Å². The van der Waals surface area contributed by atoms with Gasteiger partial charge in [0, 0.05) is 11.5 Å². The molecule has 0 amide bonds. The highest BCUT2D eigenvalue weighted by atomic mass is 32.1.